The number of fused-ring (bicyclic) bond motifs is 1. The summed E-state index contributed by atoms with van der Waals surface area (Å²) in [4.78, 5) is 11.2. The van der Waals surface area contributed by atoms with E-state index in [1.54, 1.807) is 19.1 Å². The molecule has 1 aromatic carbocycles. The van der Waals surface area contributed by atoms with E-state index in [1.807, 2.05) is 6.07 Å². The Kier molecular flexibility index (Phi) is 3.92. The van der Waals surface area contributed by atoms with E-state index in [9.17, 15) is 4.79 Å². The van der Waals surface area contributed by atoms with E-state index < -0.39 is 0 Å². The fourth-order valence-electron chi connectivity index (χ4n) is 1.69. The van der Waals surface area contributed by atoms with E-state index in [0.29, 0.717) is 35.3 Å². The molecule has 0 amide bonds. The molecule has 96 valence electrons. The zero-order chi connectivity index (χ0) is 13.1. The van der Waals surface area contributed by atoms with Crippen LogP contribution in [0.5, 0.6) is 11.5 Å². The van der Waals surface area contributed by atoms with Gasteiger partial charge in [0, 0.05) is 6.42 Å². The molecule has 0 saturated heterocycles. The third-order valence-electron chi connectivity index (χ3n) is 2.76. The van der Waals surface area contributed by atoms with E-state index in [1.165, 1.54) is 6.92 Å². The molecule has 18 heavy (non-hydrogen) atoms. The zero-order valence-corrected chi connectivity index (χ0v) is 11.2. The Morgan fingerprint density at radius 1 is 1.28 bits per heavy atom. The second kappa shape index (κ2) is 5.44. The summed E-state index contributed by atoms with van der Waals surface area (Å²) in [5, 5.41) is 0.511. The van der Waals surface area contributed by atoms with E-state index in [0.717, 1.165) is 12.0 Å². The third-order valence-corrected chi connectivity index (χ3v) is 3.04. The molecule has 4 heteroatoms. The number of carbonyl (C=O) groups is 1. The van der Waals surface area contributed by atoms with Crippen LogP contribution in [0.2, 0.25) is 5.02 Å². The molecule has 0 saturated carbocycles. The lowest BCUT2D eigenvalue weighted by Crippen LogP contribution is -1.97. The summed E-state index contributed by atoms with van der Waals surface area (Å²) in [5.74, 6) is 1.27. The molecule has 1 heterocycles. The van der Waals surface area contributed by atoms with Gasteiger partial charge < -0.3 is 9.47 Å². The summed E-state index contributed by atoms with van der Waals surface area (Å²) in [6.07, 6.45) is 2.63. The van der Waals surface area contributed by atoms with Crippen molar-refractivity contribution < 1.29 is 14.3 Å². The SMILES string of the molecule is CC(=O)/C(C)=C/c1cc(Cl)c2c(c1)OCCCO2. The average molecular weight is 267 g/mol. The van der Waals surface area contributed by atoms with E-state index in [4.69, 9.17) is 21.1 Å². The molecule has 1 aliphatic heterocycles. The Morgan fingerprint density at radius 2 is 2.00 bits per heavy atom. The van der Waals surface area contributed by atoms with Gasteiger partial charge in [-0.15, -0.1) is 0 Å². The number of Topliss-reactive ketones (excluding diaryl/α,β-unsaturated/α-hetero) is 1. The van der Waals surface area contributed by atoms with Crippen LogP contribution < -0.4 is 9.47 Å². The van der Waals surface area contributed by atoms with Gasteiger partial charge in [0.05, 0.1) is 18.2 Å². The van der Waals surface area contributed by atoms with Gasteiger partial charge in [0.2, 0.25) is 0 Å². The first-order valence-electron chi connectivity index (χ1n) is 5.86. The van der Waals surface area contributed by atoms with Crippen molar-refractivity contribution in [2.75, 3.05) is 13.2 Å². The van der Waals surface area contributed by atoms with Crippen LogP contribution in [0.3, 0.4) is 0 Å². The maximum Gasteiger partial charge on any atom is 0.179 e. The summed E-state index contributed by atoms with van der Waals surface area (Å²) in [5.41, 5.74) is 1.53. The summed E-state index contributed by atoms with van der Waals surface area (Å²) < 4.78 is 11.1. The van der Waals surface area contributed by atoms with E-state index in [2.05, 4.69) is 0 Å². The number of benzene rings is 1. The quantitative estimate of drug-likeness (QED) is 0.769. The third kappa shape index (κ3) is 2.85. The van der Waals surface area contributed by atoms with Gasteiger partial charge in [0.15, 0.2) is 17.3 Å². The lowest BCUT2D eigenvalue weighted by molar-refractivity contribution is -0.113. The highest BCUT2D eigenvalue weighted by atomic mass is 35.5. The van der Waals surface area contributed by atoms with Gasteiger partial charge in [-0.25, -0.2) is 0 Å². The van der Waals surface area contributed by atoms with Crippen LogP contribution >= 0.6 is 11.6 Å². The monoisotopic (exact) mass is 266 g/mol. The van der Waals surface area contributed by atoms with Crippen LogP contribution in [0.15, 0.2) is 17.7 Å². The molecule has 0 radical (unpaired) electrons. The van der Waals surface area contributed by atoms with Gasteiger partial charge in [-0.3, -0.25) is 4.79 Å². The van der Waals surface area contributed by atoms with Gasteiger partial charge in [-0.2, -0.15) is 0 Å². The number of ketones is 1. The summed E-state index contributed by atoms with van der Waals surface area (Å²) in [7, 11) is 0. The van der Waals surface area contributed by atoms with Crippen molar-refractivity contribution in [1.29, 1.82) is 0 Å². The minimum atomic E-state index is 0.0400. The Bertz CT molecular complexity index is 506. The fraction of sp³-hybridized carbons (Fsp3) is 0.357. The lowest BCUT2D eigenvalue weighted by Gasteiger charge is -2.10. The van der Waals surface area contributed by atoms with Gasteiger partial charge in [-0.1, -0.05) is 11.6 Å². The Hall–Kier alpha value is -1.48. The number of halogens is 1. The minimum Gasteiger partial charge on any atom is -0.489 e. The molecular weight excluding hydrogens is 252 g/mol. The highest BCUT2D eigenvalue weighted by Gasteiger charge is 2.15. The standard InChI is InChI=1S/C14H15ClO3/c1-9(10(2)16)6-11-7-12(15)14-13(8-11)17-4-3-5-18-14/h6-8H,3-5H2,1-2H3/b9-6+. The fourth-order valence-corrected chi connectivity index (χ4v) is 1.96. The molecule has 1 aromatic rings. The Labute approximate surface area is 111 Å². The first kappa shape index (κ1) is 13.0. The second-order valence-corrected chi connectivity index (χ2v) is 4.67. The summed E-state index contributed by atoms with van der Waals surface area (Å²) in [6.45, 7) is 4.53. The number of ether oxygens (including phenoxy) is 2. The highest BCUT2D eigenvalue weighted by molar-refractivity contribution is 6.32. The number of hydrogen-bond acceptors (Lipinski definition) is 3. The van der Waals surface area contributed by atoms with Crippen LogP contribution in [0.25, 0.3) is 6.08 Å². The highest BCUT2D eigenvalue weighted by Crippen LogP contribution is 2.38. The number of carbonyl (C=O) groups excluding carboxylic acids is 1. The van der Waals surface area contributed by atoms with Gasteiger partial charge >= 0.3 is 0 Å². The predicted molar refractivity (Wildman–Crippen MR) is 71.4 cm³/mol. The summed E-state index contributed by atoms with van der Waals surface area (Å²) >= 11 is 6.16. The average Bonchev–Trinajstić information content (AvgIpc) is 2.54. The first-order chi connectivity index (χ1) is 8.58. The molecule has 0 aromatic heterocycles. The maximum atomic E-state index is 11.2. The van der Waals surface area contributed by atoms with Crippen molar-refractivity contribution in [2.24, 2.45) is 0 Å². The van der Waals surface area contributed by atoms with Gasteiger partial charge in [0.1, 0.15) is 0 Å². The normalized spacial score (nSPS) is 15.2. The minimum absolute atomic E-state index is 0.0400. The Morgan fingerprint density at radius 3 is 2.72 bits per heavy atom. The van der Waals surface area contributed by atoms with Crippen molar-refractivity contribution in [2.45, 2.75) is 20.3 Å². The van der Waals surface area contributed by atoms with Gasteiger partial charge in [-0.05, 0) is 43.2 Å². The molecule has 0 fully saturated rings. The molecule has 0 N–H and O–H groups in total. The largest absolute Gasteiger partial charge is 0.489 e. The molecule has 3 nitrogen and oxygen atoms in total. The number of rotatable bonds is 2. The van der Waals surface area contributed by atoms with Gasteiger partial charge in [0.25, 0.3) is 0 Å². The second-order valence-electron chi connectivity index (χ2n) is 4.26. The molecule has 0 atom stereocenters. The van der Waals surface area contributed by atoms with Crippen molar-refractivity contribution in [3.8, 4) is 11.5 Å². The van der Waals surface area contributed by atoms with Crippen molar-refractivity contribution in [1.82, 2.24) is 0 Å². The molecule has 0 aliphatic carbocycles. The van der Waals surface area contributed by atoms with E-state index in [-0.39, 0.29) is 5.78 Å². The molecule has 2 rings (SSSR count). The molecular formula is C14H15ClO3. The van der Waals surface area contributed by atoms with Crippen molar-refractivity contribution in [3.63, 3.8) is 0 Å². The molecule has 1 aliphatic rings. The van der Waals surface area contributed by atoms with Crippen LogP contribution in [0.4, 0.5) is 0 Å². The van der Waals surface area contributed by atoms with Crippen molar-refractivity contribution in [3.05, 3.63) is 28.3 Å². The first-order valence-corrected chi connectivity index (χ1v) is 6.24. The topological polar surface area (TPSA) is 35.5 Å². The molecule has 0 spiro atoms. The van der Waals surface area contributed by atoms with Crippen LogP contribution in [-0.2, 0) is 4.79 Å². The number of hydrogen-bond donors (Lipinski definition) is 0. The Balaban J connectivity index is 2.40. The predicted octanol–water partition coefficient (Wildman–Crippen LogP) is 3.49. The molecule has 0 unspecified atom stereocenters. The van der Waals surface area contributed by atoms with Crippen LogP contribution in [0.1, 0.15) is 25.8 Å². The molecule has 0 bridgehead atoms. The van der Waals surface area contributed by atoms with E-state index >= 15 is 0 Å². The summed E-state index contributed by atoms with van der Waals surface area (Å²) in [6, 6.07) is 3.63. The number of allylic oxidation sites excluding steroid dienone is 1. The lowest BCUT2D eigenvalue weighted by atomic mass is 10.1. The zero-order valence-electron chi connectivity index (χ0n) is 10.5. The van der Waals surface area contributed by atoms with Crippen molar-refractivity contribution >= 4 is 23.5 Å². The smallest absolute Gasteiger partial charge is 0.179 e. The van der Waals surface area contributed by atoms with Crippen LogP contribution in [-0.4, -0.2) is 19.0 Å². The maximum absolute atomic E-state index is 11.2. The van der Waals surface area contributed by atoms with Crippen LogP contribution in [0, 0.1) is 0 Å².